The number of hydrogen-bond donors (Lipinski definition) is 7. The zero-order valence-corrected chi connectivity index (χ0v) is 11.5. The van der Waals surface area contributed by atoms with Crippen LogP contribution in [0.1, 0.15) is 5.56 Å². The Bertz CT molecular complexity index is 452. The van der Waals surface area contributed by atoms with Crippen molar-refractivity contribution in [3.05, 3.63) is 29.8 Å². The zero-order valence-electron chi connectivity index (χ0n) is 11.5. The van der Waals surface area contributed by atoms with Gasteiger partial charge < -0.3 is 25.5 Å². The van der Waals surface area contributed by atoms with Gasteiger partial charge >= 0.3 is 0 Å². The minimum Gasteiger partial charge on any atom is -0.394 e. The maximum Gasteiger partial charge on any atom is 0.269 e. The van der Waals surface area contributed by atoms with E-state index in [1.165, 1.54) is 0 Å². The maximum absolute atomic E-state index is 11.6. The highest BCUT2D eigenvalue weighted by Crippen LogP contribution is 2.08. The van der Waals surface area contributed by atoms with Crippen LogP contribution >= 0.6 is 0 Å². The van der Waals surface area contributed by atoms with Gasteiger partial charge in [0.25, 0.3) is 5.91 Å². The first-order valence-corrected chi connectivity index (χ1v) is 6.32. The van der Waals surface area contributed by atoms with Crippen molar-refractivity contribution in [3.63, 3.8) is 0 Å². The number of anilines is 1. The lowest BCUT2D eigenvalue weighted by Gasteiger charge is -2.25. The van der Waals surface area contributed by atoms with Gasteiger partial charge in [0.1, 0.15) is 18.3 Å². The van der Waals surface area contributed by atoms with Crippen LogP contribution < -0.4 is 10.9 Å². The fourth-order valence-electron chi connectivity index (χ4n) is 1.52. The molecule has 0 aliphatic carbocycles. The molecule has 0 saturated heterocycles. The maximum atomic E-state index is 11.6. The molecule has 0 spiro atoms. The number of nitrogens with one attached hydrogen (secondary N) is 2. The van der Waals surface area contributed by atoms with E-state index in [2.05, 4.69) is 10.9 Å². The molecule has 7 N–H and O–H groups in total. The van der Waals surface area contributed by atoms with Crippen LogP contribution in [0.15, 0.2) is 24.3 Å². The number of carbonyl (C=O) groups excluding carboxylic acids is 1. The van der Waals surface area contributed by atoms with Crippen LogP contribution in [0.2, 0.25) is 0 Å². The Labute approximate surface area is 121 Å². The van der Waals surface area contributed by atoms with Crippen LogP contribution in [0.3, 0.4) is 0 Å². The molecular weight excluding hydrogens is 280 g/mol. The van der Waals surface area contributed by atoms with Gasteiger partial charge in [-0.2, -0.15) is 0 Å². The first-order chi connectivity index (χ1) is 9.86. The molecule has 0 bridgehead atoms. The van der Waals surface area contributed by atoms with Crippen molar-refractivity contribution in [2.75, 3.05) is 12.0 Å². The second-order valence-electron chi connectivity index (χ2n) is 4.66. The number of carbonyl (C=O) groups is 1. The molecule has 0 saturated carbocycles. The lowest BCUT2D eigenvalue weighted by atomic mass is 10.0. The molecule has 118 valence electrons. The summed E-state index contributed by atoms with van der Waals surface area (Å²) < 4.78 is 0. The van der Waals surface area contributed by atoms with Gasteiger partial charge in [-0.05, 0) is 19.1 Å². The second kappa shape index (κ2) is 7.91. The highest BCUT2D eigenvalue weighted by Gasteiger charge is 2.34. The number of hydrogen-bond acceptors (Lipinski definition) is 7. The predicted molar refractivity (Wildman–Crippen MR) is 74.1 cm³/mol. The van der Waals surface area contributed by atoms with Crippen LogP contribution in [-0.2, 0) is 4.79 Å². The molecule has 0 aliphatic rings. The first kappa shape index (κ1) is 17.3. The molecule has 8 heteroatoms. The van der Waals surface area contributed by atoms with Crippen molar-refractivity contribution >= 4 is 11.6 Å². The molecule has 1 aromatic carbocycles. The quantitative estimate of drug-likeness (QED) is 0.285. The van der Waals surface area contributed by atoms with Crippen molar-refractivity contribution < 1.29 is 30.3 Å². The normalized spacial score (nSPS) is 16.7. The second-order valence-corrected chi connectivity index (χ2v) is 4.66. The number of aliphatic hydroxyl groups excluding tert-OH is 5. The summed E-state index contributed by atoms with van der Waals surface area (Å²) in [6.07, 6.45) is -7.42. The van der Waals surface area contributed by atoms with E-state index in [1.807, 2.05) is 6.92 Å². The molecule has 0 aromatic heterocycles. The van der Waals surface area contributed by atoms with E-state index in [0.29, 0.717) is 5.69 Å². The summed E-state index contributed by atoms with van der Waals surface area (Å²) >= 11 is 0. The fourth-order valence-corrected chi connectivity index (χ4v) is 1.52. The van der Waals surface area contributed by atoms with Gasteiger partial charge in [0.05, 0.1) is 12.3 Å². The standard InChI is InChI=1S/C13H20N2O6/c1-7-2-4-8(5-3-7)14-15-13(21)12(20)11(19)10(18)9(17)6-16/h2-5,9-12,14,16-20H,6H2,1H3,(H,15,21)/t9-,10-,11-,12+/m1/s1. The summed E-state index contributed by atoms with van der Waals surface area (Å²) in [6, 6.07) is 7.01. The van der Waals surface area contributed by atoms with Crippen molar-refractivity contribution in [3.8, 4) is 0 Å². The van der Waals surface area contributed by atoms with Crippen molar-refractivity contribution in [1.82, 2.24) is 5.43 Å². The SMILES string of the molecule is Cc1ccc(NNC(=O)[C@@H](O)[C@H](O)[C@H](O)[C@H](O)CO)cc1. The van der Waals surface area contributed by atoms with Crippen molar-refractivity contribution in [1.29, 1.82) is 0 Å². The summed E-state index contributed by atoms with van der Waals surface area (Å²) in [4.78, 5) is 11.6. The Hall–Kier alpha value is -1.71. The average Bonchev–Trinajstić information content (AvgIpc) is 2.50. The van der Waals surface area contributed by atoms with Crippen LogP contribution in [0.5, 0.6) is 0 Å². The number of hydrazine groups is 1. The Balaban J connectivity index is 2.52. The number of benzene rings is 1. The molecule has 0 unspecified atom stereocenters. The average molecular weight is 300 g/mol. The zero-order chi connectivity index (χ0) is 16.0. The topological polar surface area (TPSA) is 142 Å². The van der Waals surface area contributed by atoms with Crippen molar-refractivity contribution in [2.24, 2.45) is 0 Å². The highest BCUT2D eigenvalue weighted by atomic mass is 16.4. The number of aryl methyl sites for hydroxylation is 1. The molecule has 1 aromatic rings. The van der Waals surface area contributed by atoms with E-state index in [4.69, 9.17) is 10.2 Å². The van der Waals surface area contributed by atoms with E-state index in [1.54, 1.807) is 24.3 Å². The Kier molecular flexibility index (Phi) is 6.53. The summed E-state index contributed by atoms with van der Waals surface area (Å²) in [6.45, 7) is 1.09. The van der Waals surface area contributed by atoms with Gasteiger partial charge in [-0.1, -0.05) is 17.7 Å². The Morgan fingerprint density at radius 3 is 2.19 bits per heavy atom. The van der Waals surface area contributed by atoms with E-state index in [-0.39, 0.29) is 0 Å². The monoisotopic (exact) mass is 300 g/mol. The molecule has 1 rings (SSSR count). The van der Waals surface area contributed by atoms with Crippen LogP contribution in [-0.4, -0.2) is 62.5 Å². The largest absolute Gasteiger partial charge is 0.394 e. The van der Waals surface area contributed by atoms with E-state index >= 15 is 0 Å². The van der Waals surface area contributed by atoms with Gasteiger partial charge in [-0.25, -0.2) is 0 Å². The summed E-state index contributed by atoms with van der Waals surface area (Å²) in [7, 11) is 0. The molecule has 8 nitrogen and oxygen atoms in total. The van der Waals surface area contributed by atoms with Gasteiger partial charge in [0.15, 0.2) is 6.10 Å². The molecule has 4 atom stereocenters. The summed E-state index contributed by atoms with van der Waals surface area (Å²) in [5.74, 6) is -0.993. The van der Waals surface area contributed by atoms with E-state index in [0.717, 1.165) is 5.56 Å². The Morgan fingerprint density at radius 2 is 1.67 bits per heavy atom. The molecular formula is C13H20N2O6. The Morgan fingerprint density at radius 1 is 1.10 bits per heavy atom. The number of aliphatic hydroxyl groups is 5. The summed E-state index contributed by atoms with van der Waals surface area (Å²) in [5.41, 5.74) is 6.27. The lowest BCUT2D eigenvalue weighted by Crippen LogP contribution is -2.52. The number of amides is 1. The van der Waals surface area contributed by atoms with Gasteiger partial charge in [0.2, 0.25) is 0 Å². The fraction of sp³-hybridized carbons (Fsp3) is 0.462. The van der Waals surface area contributed by atoms with Gasteiger partial charge in [-0.15, -0.1) is 0 Å². The van der Waals surface area contributed by atoms with Crippen LogP contribution in [0, 0.1) is 6.92 Å². The molecule has 0 fully saturated rings. The third-order valence-corrected chi connectivity index (χ3v) is 2.90. The smallest absolute Gasteiger partial charge is 0.269 e. The van der Waals surface area contributed by atoms with Gasteiger partial charge in [-0.3, -0.25) is 15.6 Å². The van der Waals surface area contributed by atoms with Gasteiger partial charge in [0, 0.05) is 0 Å². The van der Waals surface area contributed by atoms with E-state index < -0.39 is 36.9 Å². The third kappa shape index (κ3) is 4.96. The molecule has 0 aliphatic heterocycles. The van der Waals surface area contributed by atoms with Crippen molar-refractivity contribution in [2.45, 2.75) is 31.3 Å². The minimum absolute atomic E-state index is 0.562. The molecule has 1 amide bonds. The highest BCUT2D eigenvalue weighted by molar-refractivity contribution is 5.82. The van der Waals surface area contributed by atoms with Crippen LogP contribution in [0.4, 0.5) is 5.69 Å². The van der Waals surface area contributed by atoms with Crippen LogP contribution in [0.25, 0.3) is 0 Å². The predicted octanol–water partition coefficient (Wildman–Crippen LogP) is -2.13. The number of rotatable bonds is 7. The molecule has 0 heterocycles. The minimum atomic E-state index is -1.97. The third-order valence-electron chi connectivity index (χ3n) is 2.90. The van der Waals surface area contributed by atoms with E-state index in [9.17, 15) is 20.1 Å². The lowest BCUT2D eigenvalue weighted by molar-refractivity contribution is -0.148. The molecule has 21 heavy (non-hydrogen) atoms. The molecule has 0 radical (unpaired) electrons. The summed E-state index contributed by atoms with van der Waals surface area (Å²) in [5, 5.41) is 46.3. The first-order valence-electron chi connectivity index (χ1n) is 6.32.